The van der Waals surface area contributed by atoms with Crippen LogP contribution in [0.4, 0.5) is 0 Å². The van der Waals surface area contributed by atoms with Crippen LogP contribution in [0.2, 0.25) is 0 Å². The summed E-state index contributed by atoms with van der Waals surface area (Å²) in [5.74, 6) is -0.475. The second-order valence-electron chi connectivity index (χ2n) is 4.18. The Labute approximate surface area is 107 Å². The number of amides is 2. The highest BCUT2D eigenvalue weighted by atomic mass is 16.2. The average molecular weight is 248 g/mol. The lowest BCUT2D eigenvalue weighted by Crippen LogP contribution is -2.22. The number of rotatable bonds is 5. The second kappa shape index (κ2) is 8.28. The molecule has 98 valence electrons. The summed E-state index contributed by atoms with van der Waals surface area (Å²) >= 11 is 0. The molecule has 0 radical (unpaired) electrons. The van der Waals surface area contributed by atoms with Crippen molar-refractivity contribution in [3.05, 3.63) is 36.2 Å². The molecular weight excluding hydrogens is 228 g/mol. The van der Waals surface area contributed by atoms with Gasteiger partial charge in [0, 0.05) is 24.0 Å². The molecule has 1 aliphatic heterocycles. The van der Waals surface area contributed by atoms with Gasteiger partial charge in [-0.25, -0.2) is 0 Å². The standard InChI is InChI=1S/C10H15NO2.C4H5N/c1-2-3-4-5-6-8-7-9(12)11-10(8)13;1-2-4-5-3-1/h7H,2-6H2,1H3,(H,11,12,13);1-5H. The second-order valence-corrected chi connectivity index (χ2v) is 4.18. The van der Waals surface area contributed by atoms with Gasteiger partial charge in [-0.15, -0.1) is 0 Å². The van der Waals surface area contributed by atoms with Crippen LogP contribution < -0.4 is 5.32 Å². The zero-order valence-corrected chi connectivity index (χ0v) is 10.7. The molecule has 0 saturated carbocycles. The molecule has 0 saturated heterocycles. The van der Waals surface area contributed by atoms with Gasteiger partial charge in [-0.2, -0.15) is 0 Å². The van der Waals surface area contributed by atoms with E-state index in [1.54, 1.807) is 0 Å². The number of aromatic nitrogens is 1. The molecule has 4 nitrogen and oxygen atoms in total. The quantitative estimate of drug-likeness (QED) is 0.621. The molecule has 0 aliphatic carbocycles. The minimum Gasteiger partial charge on any atom is -0.368 e. The molecule has 0 unspecified atom stereocenters. The molecule has 0 aromatic carbocycles. The lowest BCUT2D eigenvalue weighted by atomic mass is 10.1. The number of aromatic amines is 1. The summed E-state index contributed by atoms with van der Waals surface area (Å²) in [4.78, 5) is 24.7. The molecule has 0 spiro atoms. The van der Waals surface area contributed by atoms with Gasteiger partial charge in [-0.1, -0.05) is 26.2 Å². The van der Waals surface area contributed by atoms with Crippen molar-refractivity contribution in [3.8, 4) is 0 Å². The Morgan fingerprint density at radius 3 is 2.22 bits per heavy atom. The molecule has 2 rings (SSSR count). The lowest BCUT2D eigenvalue weighted by Gasteiger charge is -1.98. The maximum absolute atomic E-state index is 11.0. The van der Waals surface area contributed by atoms with Gasteiger partial charge < -0.3 is 4.98 Å². The smallest absolute Gasteiger partial charge is 0.254 e. The highest BCUT2D eigenvalue weighted by Crippen LogP contribution is 2.13. The van der Waals surface area contributed by atoms with E-state index in [-0.39, 0.29) is 11.8 Å². The predicted molar refractivity (Wildman–Crippen MR) is 70.8 cm³/mol. The van der Waals surface area contributed by atoms with Crippen molar-refractivity contribution in [2.24, 2.45) is 0 Å². The summed E-state index contributed by atoms with van der Waals surface area (Å²) in [6.45, 7) is 2.14. The molecule has 0 atom stereocenters. The zero-order valence-electron chi connectivity index (χ0n) is 10.7. The van der Waals surface area contributed by atoms with Crippen molar-refractivity contribution in [2.45, 2.75) is 39.0 Å². The van der Waals surface area contributed by atoms with E-state index in [0.29, 0.717) is 5.57 Å². The Hall–Kier alpha value is -1.84. The molecule has 2 amide bonds. The van der Waals surface area contributed by atoms with E-state index in [9.17, 15) is 9.59 Å². The first-order chi connectivity index (χ1) is 8.74. The Kier molecular flexibility index (Phi) is 6.54. The van der Waals surface area contributed by atoms with Crippen LogP contribution in [-0.4, -0.2) is 16.8 Å². The van der Waals surface area contributed by atoms with Gasteiger partial charge in [0.2, 0.25) is 0 Å². The largest absolute Gasteiger partial charge is 0.368 e. The SMILES string of the molecule is CCCCCCC1=CC(=O)NC1=O.c1cc[nH]c1. The van der Waals surface area contributed by atoms with E-state index in [1.807, 2.05) is 24.5 Å². The van der Waals surface area contributed by atoms with Crippen molar-refractivity contribution >= 4 is 11.8 Å². The van der Waals surface area contributed by atoms with E-state index < -0.39 is 0 Å². The van der Waals surface area contributed by atoms with E-state index in [2.05, 4.69) is 17.2 Å². The van der Waals surface area contributed by atoms with Crippen LogP contribution in [0.3, 0.4) is 0 Å². The summed E-state index contributed by atoms with van der Waals surface area (Å²) < 4.78 is 0. The summed E-state index contributed by atoms with van der Waals surface area (Å²) in [6.07, 6.45) is 10.4. The first kappa shape index (κ1) is 14.2. The van der Waals surface area contributed by atoms with Gasteiger partial charge in [-0.05, 0) is 25.0 Å². The molecule has 2 heterocycles. The maximum atomic E-state index is 11.0. The normalized spacial score (nSPS) is 13.7. The summed E-state index contributed by atoms with van der Waals surface area (Å²) in [5, 5.41) is 2.24. The van der Waals surface area contributed by atoms with Crippen molar-refractivity contribution in [1.82, 2.24) is 10.3 Å². The summed E-state index contributed by atoms with van der Waals surface area (Å²) in [7, 11) is 0. The molecule has 1 aromatic rings. The zero-order chi connectivity index (χ0) is 13.2. The summed E-state index contributed by atoms with van der Waals surface area (Å²) in [6, 6.07) is 3.89. The van der Waals surface area contributed by atoms with Crippen LogP contribution in [0.25, 0.3) is 0 Å². The van der Waals surface area contributed by atoms with Crippen LogP contribution in [0.15, 0.2) is 36.2 Å². The Morgan fingerprint density at radius 2 is 1.78 bits per heavy atom. The lowest BCUT2D eigenvalue weighted by molar-refractivity contribution is -0.123. The monoisotopic (exact) mass is 248 g/mol. The molecule has 2 N–H and O–H groups in total. The third kappa shape index (κ3) is 5.48. The minimum absolute atomic E-state index is 0.207. The minimum atomic E-state index is -0.268. The fraction of sp³-hybridized carbons (Fsp3) is 0.429. The van der Waals surface area contributed by atoms with E-state index in [0.717, 1.165) is 19.3 Å². The molecule has 18 heavy (non-hydrogen) atoms. The van der Waals surface area contributed by atoms with Crippen LogP contribution in [-0.2, 0) is 9.59 Å². The Bertz CT molecular complexity index is 377. The van der Waals surface area contributed by atoms with Crippen LogP contribution in [0, 0.1) is 0 Å². The topological polar surface area (TPSA) is 62.0 Å². The van der Waals surface area contributed by atoms with Crippen molar-refractivity contribution in [1.29, 1.82) is 0 Å². The molecule has 1 aliphatic rings. The Balaban J connectivity index is 0.000000269. The fourth-order valence-corrected chi connectivity index (χ4v) is 1.66. The van der Waals surface area contributed by atoms with Crippen molar-refractivity contribution in [2.75, 3.05) is 0 Å². The van der Waals surface area contributed by atoms with E-state index >= 15 is 0 Å². The van der Waals surface area contributed by atoms with Gasteiger partial charge >= 0.3 is 0 Å². The average Bonchev–Trinajstić information content (AvgIpc) is 2.99. The highest BCUT2D eigenvalue weighted by Gasteiger charge is 2.19. The third-order valence-corrected chi connectivity index (χ3v) is 2.63. The molecule has 0 fully saturated rings. The van der Waals surface area contributed by atoms with Gasteiger partial charge in [0.15, 0.2) is 0 Å². The number of hydrogen-bond acceptors (Lipinski definition) is 2. The van der Waals surface area contributed by atoms with Crippen LogP contribution in [0.1, 0.15) is 39.0 Å². The molecule has 0 bridgehead atoms. The van der Waals surface area contributed by atoms with Crippen LogP contribution >= 0.6 is 0 Å². The molecule has 4 heteroatoms. The van der Waals surface area contributed by atoms with Gasteiger partial charge in [0.25, 0.3) is 11.8 Å². The van der Waals surface area contributed by atoms with Gasteiger partial charge in [-0.3, -0.25) is 14.9 Å². The van der Waals surface area contributed by atoms with E-state index in [1.165, 1.54) is 18.9 Å². The number of imide groups is 1. The van der Waals surface area contributed by atoms with Gasteiger partial charge in [0.05, 0.1) is 0 Å². The number of carbonyl (C=O) groups is 2. The van der Waals surface area contributed by atoms with Crippen molar-refractivity contribution in [3.63, 3.8) is 0 Å². The van der Waals surface area contributed by atoms with E-state index in [4.69, 9.17) is 0 Å². The number of H-pyrrole nitrogens is 1. The van der Waals surface area contributed by atoms with Gasteiger partial charge in [0.1, 0.15) is 0 Å². The highest BCUT2D eigenvalue weighted by molar-refractivity contribution is 6.16. The van der Waals surface area contributed by atoms with Crippen molar-refractivity contribution < 1.29 is 9.59 Å². The fourth-order valence-electron chi connectivity index (χ4n) is 1.66. The van der Waals surface area contributed by atoms with Crippen LogP contribution in [0.5, 0.6) is 0 Å². The summed E-state index contributed by atoms with van der Waals surface area (Å²) in [5.41, 5.74) is 0.640. The maximum Gasteiger partial charge on any atom is 0.254 e. The molecule has 1 aromatic heterocycles. The number of carbonyl (C=O) groups excluding carboxylic acids is 2. The number of hydrogen-bond donors (Lipinski definition) is 2. The Morgan fingerprint density at radius 1 is 1.06 bits per heavy atom. The predicted octanol–water partition coefficient (Wildman–Crippen LogP) is 2.55. The first-order valence-electron chi connectivity index (χ1n) is 6.37. The first-order valence-corrected chi connectivity index (χ1v) is 6.37. The number of unbranched alkanes of at least 4 members (excludes halogenated alkanes) is 3. The third-order valence-electron chi connectivity index (χ3n) is 2.63. The number of nitrogens with one attached hydrogen (secondary N) is 2. The molecular formula is C14H20N2O2.